The van der Waals surface area contributed by atoms with Gasteiger partial charge in [0.05, 0.1) is 29.9 Å². The molecule has 0 aliphatic rings. The van der Waals surface area contributed by atoms with Gasteiger partial charge in [0.25, 0.3) is 0 Å². The second kappa shape index (κ2) is 4.87. The summed E-state index contributed by atoms with van der Waals surface area (Å²) in [7, 11) is 0.975. The number of rotatable bonds is 2. The molecule has 0 saturated heterocycles. The Balaban J connectivity index is 3.70. The number of nitrogens with zero attached hydrogens (tertiary/aromatic N) is 1. The number of nitriles is 1. The molecule has 0 unspecified atom stereocenters. The Labute approximate surface area is 99.6 Å². The highest BCUT2D eigenvalue weighted by Crippen LogP contribution is 2.35. The summed E-state index contributed by atoms with van der Waals surface area (Å²) in [6.07, 6.45) is -5.03. The summed E-state index contributed by atoms with van der Waals surface area (Å²) in [6, 6.07) is 3.10. The summed E-state index contributed by atoms with van der Waals surface area (Å²) < 4.78 is 42.6. The van der Waals surface area contributed by atoms with Crippen molar-refractivity contribution in [2.24, 2.45) is 0 Å². The number of halogens is 3. The molecule has 94 valence electrons. The molecule has 0 fully saturated rings. The number of alkyl halides is 3. The molecule has 1 aromatic carbocycles. The highest BCUT2D eigenvalue weighted by atomic mass is 19.4. The third-order valence-electron chi connectivity index (χ3n) is 2.17. The third-order valence-corrected chi connectivity index (χ3v) is 2.17. The lowest BCUT2D eigenvalue weighted by atomic mass is 9.96. The van der Waals surface area contributed by atoms with Crippen LogP contribution in [0.15, 0.2) is 12.1 Å². The first-order valence-electron chi connectivity index (χ1n) is 4.54. The lowest BCUT2D eigenvalue weighted by Crippen LogP contribution is -2.16. The first-order valence-corrected chi connectivity index (χ1v) is 4.54. The number of hydrogen-bond donors (Lipinski definition) is 0. The summed E-state index contributed by atoms with van der Waals surface area (Å²) >= 11 is 0. The highest BCUT2D eigenvalue weighted by molar-refractivity contribution is 5.99. The monoisotopic (exact) mass is 257 g/mol. The maximum Gasteiger partial charge on any atom is 0.418 e. The topological polar surface area (TPSA) is 67.2 Å². The minimum atomic E-state index is -4.91. The van der Waals surface area contributed by atoms with E-state index in [1.807, 2.05) is 0 Å². The lowest BCUT2D eigenvalue weighted by molar-refractivity contribution is -0.138. The minimum Gasteiger partial charge on any atom is -0.465 e. The average molecular weight is 257 g/mol. The molecule has 0 radical (unpaired) electrons. The molecule has 0 aliphatic heterocycles. The van der Waals surface area contributed by atoms with E-state index in [1.165, 1.54) is 6.07 Å². The van der Waals surface area contributed by atoms with Gasteiger partial charge in [-0.15, -0.1) is 0 Å². The molecule has 7 heteroatoms. The number of benzene rings is 1. The molecule has 0 saturated carbocycles. The van der Waals surface area contributed by atoms with Gasteiger partial charge < -0.3 is 4.74 Å². The Hall–Kier alpha value is -2.36. The van der Waals surface area contributed by atoms with Crippen LogP contribution in [-0.4, -0.2) is 19.4 Å². The highest BCUT2D eigenvalue weighted by Gasteiger charge is 2.38. The minimum absolute atomic E-state index is 0.115. The van der Waals surface area contributed by atoms with Crippen molar-refractivity contribution in [1.82, 2.24) is 0 Å². The molecule has 1 rings (SSSR count). The Morgan fingerprint density at radius 1 is 1.44 bits per heavy atom. The van der Waals surface area contributed by atoms with Crippen LogP contribution in [0, 0.1) is 11.3 Å². The molecular formula is C11H6F3NO3. The predicted octanol–water partition coefficient (Wildman–Crippen LogP) is 2.18. The van der Waals surface area contributed by atoms with Gasteiger partial charge in [-0.25, -0.2) is 4.79 Å². The number of hydrogen-bond acceptors (Lipinski definition) is 4. The summed E-state index contributed by atoms with van der Waals surface area (Å²) in [4.78, 5) is 22.0. The Morgan fingerprint density at radius 3 is 2.44 bits per heavy atom. The van der Waals surface area contributed by atoms with Crippen molar-refractivity contribution in [3.63, 3.8) is 0 Å². The Bertz CT molecular complexity index is 544. The maximum absolute atomic E-state index is 12.8. The molecule has 0 aromatic heterocycles. The van der Waals surface area contributed by atoms with E-state index in [1.54, 1.807) is 0 Å². The predicted molar refractivity (Wildman–Crippen MR) is 52.9 cm³/mol. The zero-order chi connectivity index (χ0) is 13.9. The van der Waals surface area contributed by atoms with E-state index in [2.05, 4.69) is 4.74 Å². The van der Waals surface area contributed by atoms with Crippen molar-refractivity contribution in [2.45, 2.75) is 6.18 Å². The molecular weight excluding hydrogens is 251 g/mol. The van der Waals surface area contributed by atoms with Gasteiger partial charge in [-0.1, -0.05) is 0 Å². The molecule has 0 bridgehead atoms. The first kappa shape index (κ1) is 13.7. The standard InChI is InChI=1S/C11H6F3NO3/c1-18-10(17)7-3-2-6(4-15)9(8(7)5-16)11(12,13)14/h2-3,5H,1H3. The molecule has 0 aliphatic carbocycles. The summed E-state index contributed by atoms with van der Waals surface area (Å²) in [5.74, 6) is -1.08. The van der Waals surface area contributed by atoms with Crippen molar-refractivity contribution >= 4 is 12.3 Å². The van der Waals surface area contributed by atoms with E-state index in [0.29, 0.717) is 0 Å². The first-order chi connectivity index (χ1) is 8.36. The number of carbonyl (C=O) groups is 2. The quantitative estimate of drug-likeness (QED) is 0.601. The average Bonchev–Trinajstić information content (AvgIpc) is 2.34. The summed E-state index contributed by atoms with van der Waals surface area (Å²) in [5.41, 5.74) is -3.58. The number of carbonyl (C=O) groups excluding carboxylic acids is 2. The fourth-order valence-corrected chi connectivity index (χ4v) is 1.43. The molecule has 0 heterocycles. The third kappa shape index (κ3) is 2.32. The van der Waals surface area contributed by atoms with Gasteiger partial charge in [-0.2, -0.15) is 18.4 Å². The van der Waals surface area contributed by atoms with Crippen LogP contribution in [0.5, 0.6) is 0 Å². The van der Waals surface area contributed by atoms with Gasteiger partial charge in [-0.05, 0) is 12.1 Å². The number of esters is 1. The van der Waals surface area contributed by atoms with Gasteiger partial charge >= 0.3 is 12.1 Å². The van der Waals surface area contributed by atoms with Gasteiger partial charge in [0.15, 0.2) is 6.29 Å². The molecule has 1 aromatic rings. The smallest absolute Gasteiger partial charge is 0.418 e. The molecule has 0 amide bonds. The van der Waals surface area contributed by atoms with Crippen molar-refractivity contribution < 1.29 is 27.5 Å². The second-order valence-electron chi connectivity index (χ2n) is 3.17. The van der Waals surface area contributed by atoms with Crippen molar-refractivity contribution in [3.05, 3.63) is 34.4 Å². The number of aldehydes is 1. The van der Waals surface area contributed by atoms with Gasteiger partial charge in [0.1, 0.15) is 0 Å². The second-order valence-corrected chi connectivity index (χ2v) is 3.17. The van der Waals surface area contributed by atoms with E-state index in [9.17, 15) is 22.8 Å². The van der Waals surface area contributed by atoms with E-state index in [0.717, 1.165) is 19.2 Å². The van der Waals surface area contributed by atoms with E-state index >= 15 is 0 Å². The van der Waals surface area contributed by atoms with Crippen LogP contribution in [0.3, 0.4) is 0 Å². The molecule has 0 N–H and O–H groups in total. The van der Waals surface area contributed by atoms with Crippen LogP contribution in [-0.2, 0) is 10.9 Å². The fourth-order valence-electron chi connectivity index (χ4n) is 1.43. The van der Waals surface area contributed by atoms with Crippen LogP contribution in [0.1, 0.15) is 31.8 Å². The maximum atomic E-state index is 12.8. The molecule has 0 spiro atoms. The van der Waals surface area contributed by atoms with Crippen molar-refractivity contribution in [3.8, 4) is 6.07 Å². The van der Waals surface area contributed by atoms with E-state index in [4.69, 9.17) is 5.26 Å². The molecule has 4 nitrogen and oxygen atoms in total. The zero-order valence-corrected chi connectivity index (χ0v) is 9.04. The zero-order valence-electron chi connectivity index (χ0n) is 9.04. The Morgan fingerprint density at radius 2 is 2.06 bits per heavy atom. The van der Waals surface area contributed by atoms with Gasteiger partial charge in [0.2, 0.25) is 0 Å². The summed E-state index contributed by atoms with van der Waals surface area (Å²) in [6.45, 7) is 0. The lowest BCUT2D eigenvalue weighted by Gasteiger charge is -2.13. The fraction of sp³-hybridized carbons (Fsp3) is 0.182. The van der Waals surface area contributed by atoms with E-state index in [-0.39, 0.29) is 6.29 Å². The Kier molecular flexibility index (Phi) is 3.71. The SMILES string of the molecule is COC(=O)c1ccc(C#N)c(C(F)(F)F)c1C=O. The molecule has 0 atom stereocenters. The largest absolute Gasteiger partial charge is 0.465 e. The van der Waals surface area contributed by atoms with Crippen LogP contribution < -0.4 is 0 Å². The number of methoxy groups -OCH3 is 1. The van der Waals surface area contributed by atoms with E-state index < -0.39 is 34.4 Å². The number of ether oxygens (including phenoxy) is 1. The molecule has 18 heavy (non-hydrogen) atoms. The van der Waals surface area contributed by atoms with Crippen LogP contribution in [0.2, 0.25) is 0 Å². The van der Waals surface area contributed by atoms with Crippen molar-refractivity contribution in [2.75, 3.05) is 7.11 Å². The van der Waals surface area contributed by atoms with Crippen LogP contribution in [0.4, 0.5) is 13.2 Å². The van der Waals surface area contributed by atoms with Gasteiger partial charge in [0, 0.05) is 5.56 Å². The normalized spacial score (nSPS) is 10.6. The van der Waals surface area contributed by atoms with Crippen LogP contribution in [0.25, 0.3) is 0 Å². The van der Waals surface area contributed by atoms with Crippen molar-refractivity contribution in [1.29, 1.82) is 5.26 Å². The summed E-state index contributed by atoms with van der Waals surface area (Å²) in [5, 5.41) is 8.61. The van der Waals surface area contributed by atoms with Crippen LogP contribution >= 0.6 is 0 Å². The van der Waals surface area contributed by atoms with Gasteiger partial charge in [-0.3, -0.25) is 4.79 Å².